The van der Waals surface area contributed by atoms with Gasteiger partial charge in [-0.3, -0.25) is 14.4 Å². The number of carbonyl (C=O) groups is 1. The molecule has 1 heterocycles. The number of sulfonamides is 1. The monoisotopic (exact) mass is 463 g/mol. The molecule has 0 aliphatic carbocycles. The normalized spacial score (nSPS) is 15.2. The second kappa shape index (κ2) is 10.2. The molecule has 0 saturated carbocycles. The third-order valence-electron chi connectivity index (χ3n) is 5.95. The van der Waals surface area contributed by atoms with Gasteiger partial charge in [0, 0.05) is 17.8 Å². The van der Waals surface area contributed by atoms with Crippen LogP contribution in [0.5, 0.6) is 0 Å². The van der Waals surface area contributed by atoms with Crippen molar-refractivity contribution in [2.24, 2.45) is 0 Å². The number of hydrogen-bond acceptors (Lipinski definition) is 4. The Hall–Kier alpha value is -3.16. The number of amides is 1. The van der Waals surface area contributed by atoms with Gasteiger partial charge in [0.1, 0.15) is 0 Å². The molecular weight excluding hydrogens is 434 g/mol. The molecule has 1 aliphatic rings. The van der Waals surface area contributed by atoms with Crippen LogP contribution in [0.4, 0.5) is 5.69 Å². The first-order valence-corrected chi connectivity index (χ1v) is 12.7. The molecule has 6 nitrogen and oxygen atoms in total. The van der Waals surface area contributed by atoms with E-state index in [1.807, 2.05) is 37.3 Å². The highest BCUT2D eigenvalue weighted by Crippen LogP contribution is 2.24. The number of anilines is 1. The molecule has 1 amide bonds. The first-order chi connectivity index (χ1) is 15.9. The maximum atomic E-state index is 12.8. The molecule has 33 heavy (non-hydrogen) atoms. The zero-order chi connectivity index (χ0) is 23.3. The molecule has 0 spiro atoms. The summed E-state index contributed by atoms with van der Waals surface area (Å²) in [6.45, 7) is 4.49. The van der Waals surface area contributed by atoms with Gasteiger partial charge in [-0.2, -0.15) is 0 Å². The molecule has 0 aromatic heterocycles. The number of aryl methyl sites for hydroxylation is 1. The summed E-state index contributed by atoms with van der Waals surface area (Å²) in [6.07, 6.45) is 2.34. The molecule has 1 fully saturated rings. The van der Waals surface area contributed by atoms with Gasteiger partial charge in [-0.25, -0.2) is 8.42 Å². The summed E-state index contributed by atoms with van der Waals surface area (Å²) < 4.78 is 27.9. The van der Waals surface area contributed by atoms with Crippen LogP contribution >= 0.6 is 0 Å². The Morgan fingerprint density at radius 2 is 1.55 bits per heavy atom. The lowest BCUT2D eigenvalue weighted by Gasteiger charge is -2.28. The van der Waals surface area contributed by atoms with Crippen LogP contribution in [0.15, 0.2) is 83.8 Å². The first kappa shape index (κ1) is 23.0. The van der Waals surface area contributed by atoms with E-state index in [4.69, 9.17) is 0 Å². The Balaban J connectivity index is 1.41. The Bertz CT molecular complexity index is 1170. The molecule has 0 unspecified atom stereocenters. The van der Waals surface area contributed by atoms with E-state index in [1.54, 1.807) is 24.3 Å². The van der Waals surface area contributed by atoms with E-state index in [-0.39, 0.29) is 16.8 Å². The van der Waals surface area contributed by atoms with Gasteiger partial charge in [0.25, 0.3) is 15.9 Å². The number of carbonyl (C=O) groups excluding carboxylic acids is 1. The molecule has 1 saturated heterocycles. The summed E-state index contributed by atoms with van der Waals surface area (Å²) in [5, 5.41) is 3.03. The minimum Gasteiger partial charge on any atom is -0.350 e. The van der Waals surface area contributed by atoms with Crippen molar-refractivity contribution >= 4 is 21.6 Å². The lowest BCUT2D eigenvalue weighted by Crippen LogP contribution is -2.36. The Labute approximate surface area is 195 Å². The molecule has 0 bridgehead atoms. The number of likely N-dealkylation sites (tertiary alicyclic amines) is 1. The molecule has 172 valence electrons. The fourth-order valence-electron chi connectivity index (χ4n) is 4.10. The summed E-state index contributed by atoms with van der Waals surface area (Å²) in [7, 11) is -3.73. The van der Waals surface area contributed by atoms with E-state index in [9.17, 15) is 13.2 Å². The molecule has 7 heteroatoms. The zero-order valence-electron chi connectivity index (χ0n) is 18.7. The highest BCUT2D eigenvalue weighted by atomic mass is 32.2. The second-order valence-electron chi connectivity index (χ2n) is 8.38. The second-order valence-corrected chi connectivity index (χ2v) is 10.1. The summed E-state index contributed by atoms with van der Waals surface area (Å²) in [6, 6.07) is 23.5. The molecule has 2 N–H and O–H groups in total. The van der Waals surface area contributed by atoms with Crippen LogP contribution < -0.4 is 10.0 Å². The lowest BCUT2D eigenvalue weighted by atomic mass is 10.1. The SMILES string of the molecule is Cc1ccc(NS(=O)(=O)c2ccc(C(=O)NC[C@H](c3ccccc3)N3CCCC3)cc2)cc1. The smallest absolute Gasteiger partial charge is 0.261 e. The van der Waals surface area contributed by atoms with Crippen molar-refractivity contribution in [3.63, 3.8) is 0 Å². The Morgan fingerprint density at radius 1 is 0.909 bits per heavy atom. The van der Waals surface area contributed by atoms with Gasteiger partial charge in [0.15, 0.2) is 0 Å². The maximum absolute atomic E-state index is 12.8. The predicted octanol–water partition coefficient (Wildman–Crippen LogP) is 4.36. The minimum absolute atomic E-state index is 0.110. The van der Waals surface area contributed by atoms with Crippen LogP contribution in [0.2, 0.25) is 0 Å². The van der Waals surface area contributed by atoms with Crippen molar-refractivity contribution in [3.8, 4) is 0 Å². The molecule has 0 radical (unpaired) electrons. The van der Waals surface area contributed by atoms with Gasteiger partial charge in [0.05, 0.1) is 10.9 Å². The van der Waals surface area contributed by atoms with Crippen LogP contribution in [0.25, 0.3) is 0 Å². The van der Waals surface area contributed by atoms with Crippen LogP contribution in [-0.4, -0.2) is 38.9 Å². The molecule has 1 atom stereocenters. The third kappa shape index (κ3) is 5.80. The predicted molar refractivity (Wildman–Crippen MR) is 131 cm³/mol. The van der Waals surface area contributed by atoms with Crippen molar-refractivity contribution in [3.05, 3.63) is 95.6 Å². The van der Waals surface area contributed by atoms with Crippen molar-refractivity contribution in [1.82, 2.24) is 10.2 Å². The van der Waals surface area contributed by atoms with E-state index in [0.717, 1.165) is 18.7 Å². The summed E-state index contributed by atoms with van der Waals surface area (Å²) in [5.41, 5.74) is 3.16. The molecular formula is C26H29N3O3S. The number of hydrogen-bond donors (Lipinski definition) is 2. The van der Waals surface area contributed by atoms with Gasteiger partial charge in [-0.1, -0.05) is 48.0 Å². The summed E-state index contributed by atoms with van der Waals surface area (Å²) >= 11 is 0. The fraction of sp³-hybridized carbons (Fsp3) is 0.269. The lowest BCUT2D eigenvalue weighted by molar-refractivity contribution is 0.0938. The van der Waals surface area contributed by atoms with Gasteiger partial charge in [-0.05, 0) is 74.8 Å². The quantitative estimate of drug-likeness (QED) is 0.520. The average Bonchev–Trinajstić information content (AvgIpc) is 3.36. The van der Waals surface area contributed by atoms with Gasteiger partial charge < -0.3 is 5.32 Å². The van der Waals surface area contributed by atoms with E-state index in [1.165, 1.54) is 30.5 Å². The molecule has 1 aliphatic heterocycles. The number of benzene rings is 3. The standard InChI is InChI=1S/C26H29N3O3S/c1-20-9-13-23(14-10-20)28-33(31,32)24-15-11-22(12-16-24)26(30)27-19-25(29-17-5-6-18-29)21-7-3-2-4-8-21/h2-4,7-16,25,28H,5-6,17-19H2,1H3,(H,27,30)/t25-/m1/s1. The topological polar surface area (TPSA) is 78.5 Å². The van der Waals surface area contributed by atoms with Gasteiger partial charge in [-0.15, -0.1) is 0 Å². The fourth-order valence-corrected chi connectivity index (χ4v) is 5.16. The minimum atomic E-state index is -3.73. The highest BCUT2D eigenvalue weighted by molar-refractivity contribution is 7.92. The largest absolute Gasteiger partial charge is 0.350 e. The van der Waals surface area contributed by atoms with Crippen LogP contribution in [0.3, 0.4) is 0 Å². The maximum Gasteiger partial charge on any atom is 0.261 e. The highest BCUT2D eigenvalue weighted by Gasteiger charge is 2.24. The van der Waals surface area contributed by atoms with Crippen molar-refractivity contribution in [2.45, 2.75) is 30.7 Å². The number of nitrogens with one attached hydrogen (secondary N) is 2. The van der Waals surface area contributed by atoms with Gasteiger partial charge >= 0.3 is 0 Å². The Morgan fingerprint density at radius 3 is 2.18 bits per heavy atom. The average molecular weight is 464 g/mol. The van der Waals surface area contributed by atoms with Crippen LogP contribution in [-0.2, 0) is 10.0 Å². The Kier molecular flexibility index (Phi) is 7.11. The van der Waals surface area contributed by atoms with E-state index < -0.39 is 10.0 Å². The van der Waals surface area contributed by atoms with E-state index >= 15 is 0 Å². The molecule has 4 rings (SSSR count). The summed E-state index contributed by atoms with van der Waals surface area (Å²) in [4.78, 5) is 15.3. The number of nitrogens with zero attached hydrogens (tertiary/aromatic N) is 1. The van der Waals surface area contributed by atoms with Crippen molar-refractivity contribution in [2.75, 3.05) is 24.4 Å². The zero-order valence-corrected chi connectivity index (χ0v) is 19.5. The molecule has 3 aromatic carbocycles. The van der Waals surface area contributed by atoms with Crippen LogP contribution in [0, 0.1) is 6.92 Å². The third-order valence-corrected chi connectivity index (χ3v) is 7.35. The van der Waals surface area contributed by atoms with Gasteiger partial charge in [0.2, 0.25) is 0 Å². The van der Waals surface area contributed by atoms with E-state index in [0.29, 0.717) is 17.8 Å². The van der Waals surface area contributed by atoms with Crippen molar-refractivity contribution < 1.29 is 13.2 Å². The molecule has 3 aromatic rings. The van der Waals surface area contributed by atoms with Crippen molar-refractivity contribution in [1.29, 1.82) is 0 Å². The van der Waals surface area contributed by atoms with E-state index in [2.05, 4.69) is 27.1 Å². The first-order valence-electron chi connectivity index (χ1n) is 11.2. The number of rotatable bonds is 8. The summed E-state index contributed by atoms with van der Waals surface area (Å²) in [5.74, 6) is -0.217. The van der Waals surface area contributed by atoms with Crippen LogP contribution in [0.1, 0.15) is 40.4 Å².